The van der Waals surface area contributed by atoms with Crippen LogP contribution in [0.25, 0.3) is 0 Å². The lowest BCUT2D eigenvalue weighted by molar-refractivity contribution is -0.121. The third-order valence-electron chi connectivity index (χ3n) is 3.10. The predicted molar refractivity (Wildman–Crippen MR) is 70.4 cm³/mol. The highest BCUT2D eigenvalue weighted by Crippen LogP contribution is 2.47. The summed E-state index contributed by atoms with van der Waals surface area (Å²) in [5, 5.41) is 3.89. The number of furan rings is 1. The van der Waals surface area contributed by atoms with Gasteiger partial charge in [-0.3, -0.25) is 4.79 Å². The summed E-state index contributed by atoms with van der Waals surface area (Å²) in [6, 6.07) is 3.88. The summed E-state index contributed by atoms with van der Waals surface area (Å²) in [4.78, 5) is 11.4. The fourth-order valence-electron chi connectivity index (χ4n) is 1.94. The van der Waals surface area contributed by atoms with Gasteiger partial charge >= 0.3 is 0 Å². The molecular weight excluding hydrogens is 228 g/mol. The number of carbonyl (C=O) groups is 1. The van der Waals surface area contributed by atoms with Crippen molar-refractivity contribution in [3.63, 3.8) is 0 Å². The van der Waals surface area contributed by atoms with Crippen molar-refractivity contribution in [1.29, 1.82) is 0 Å². The minimum Gasteiger partial charge on any atom is -0.460 e. The Labute approximate surface area is 107 Å². The van der Waals surface area contributed by atoms with Crippen LogP contribution in [0.1, 0.15) is 51.1 Å². The Morgan fingerprint density at radius 3 is 2.94 bits per heavy atom. The lowest BCUT2D eigenvalue weighted by Crippen LogP contribution is -2.18. The van der Waals surface area contributed by atoms with Gasteiger partial charge in [0.2, 0.25) is 5.91 Å². The van der Waals surface area contributed by atoms with Gasteiger partial charge in [0.25, 0.3) is 0 Å². The Morgan fingerprint density at radius 2 is 2.33 bits per heavy atom. The van der Waals surface area contributed by atoms with Crippen molar-refractivity contribution < 1.29 is 9.21 Å². The van der Waals surface area contributed by atoms with Crippen molar-refractivity contribution in [1.82, 2.24) is 5.43 Å². The summed E-state index contributed by atoms with van der Waals surface area (Å²) >= 11 is 0. The van der Waals surface area contributed by atoms with Crippen molar-refractivity contribution in [3.05, 3.63) is 23.7 Å². The second-order valence-corrected chi connectivity index (χ2v) is 5.45. The number of carbonyl (C=O) groups excluding carboxylic acids is 1. The van der Waals surface area contributed by atoms with Gasteiger partial charge in [0.05, 0.1) is 6.21 Å². The summed E-state index contributed by atoms with van der Waals surface area (Å²) < 4.78 is 5.64. The molecular formula is C14H20N2O2. The third-order valence-corrected chi connectivity index (χ3v) is 3.10. The van der Waals surface area contributed by atoms with Gasteiger partial charge in [0, 0.05) is 12.3 Å². The molecule has 0 spiro atoms. The van der Waals surface area contributed by atoms with E-state index in [0.717, 1.165) is 11.7 Å². The summed E-state index contributed by atoms with van der Waals surface area (Å²) in [5.41, 5.74) is 2.50. The molecule has 1 fully saturated rings. The molecule has 4 heteroatoms. The maximum Gasteiger partial charge on any atom is 0.240 e. The summed E-state index contributed by atoms with van der Waals surface area (Å²) in [5.74, 6) is 3.29. The minimum atomic E-state index is -0.0659. The zero-order valence-electron chi connectivity index (χ0n) is 11.1. The second-order valence-electron chi connectivity index (χ2n) is 5.45. The quantitative estimate of drug-likeness (QED) is 0.643. The Hall–Kier alpha value is -1.58. The van der Waals surface area contributed by atoms with Crippen LogP contribution in [0.3, 0.4) is 0 Å². The molecule has 18 heavy (non-hydrogen) atoms. The molecule has 1 heterocycles. The average Bonchev–Trinajstić information content (AvgIpc) is 2.83. The number of hydrazone groups is 1. The first-order valence-corrected chi connectivity index (χ1v) is 6.48. The molecule has 1 aliphatic rings. The topological polar surface area (TPSA) is 54.6 Å². The number of hydrogen-bond donors (Lipinski definition) is 1. The van der Waals surface area contributed by atoms with E-state index in [4.69, 9.17) is 4.42 Å². The zero-order valence-corrected chi connectivity index (χ0v) is 11.1. The normalized spacial score (nSPS) is 22.7. The van der Waals surface area contributed by atoms with E-state index in [-0.39, 0.29) is 5.91 Å². The van der Waals surface area contributed by atoms with Crippen LogP contribution in [-0.2, 0) is 4.79 Å². The Balaban J connectivity index is 1.82. The Kier molecular flexibility index (Phi) is 3.84. The monoisotopic (exact) mass is 248 g/mol. The molecule has 1 N–H and O–H groups in total. The van der Waals surface area contributed by atoms with Gasteiger partial charge in [-0.1, -0.05) is 20.8 Å². The number of amides is 1. The number of hydrogen-bond acceptors (Lipinski definition) is 3. The lowest BCUT2D eigenvalue weighted by atomic mass is 10.1. The van der Waals surface area contributed by atoms with Gasteiger partial charge in [-0.2, -0.15) is 5.10 Å². The Bertz CT molecular complexity index is 448. The highest BCUT2D eigenvalue weighted by atomic mass is 16.3. The van der Waals surface area contributed by atoms with E-state index in [9.17, 15) is 4.79 Å². The SMILES string of the molecule is CC(C)CC(=O)N/N=C\c1ccc([C@H]2C[C@H]2C)o1. The van der Waals surface area contributed by atoms with Crippen molar-refractivity contribution in [3.8, 4) is 0 Å². The number of rotatable bonds is 5. The van der Waals surface area contributed by atoms with Crippen LogP contribution < -0.4 is 5.43 Å². The van der Waals surface area contributed by atoms with Crippen LogP contribution in [-0.4, -0.2) is 12.1 Å². The van der Waals surface area contributed by atoms with Crippen LogP contribution in [0, 0.1) is 11.8 Å². The minimum absolute atomic E-state index is 0.0659. The van der Waals surface area contributed by atoms with Crippen LogP contribution in [0.2, 0.25) is 0 Å². The van der Waals surface area contributed by atoms with Gasteiger partial charge in [-0.15, -0.1) is 0 Å². The van der Waals surface area contributed by atoms with Crippen molar-refractivity contribution in [2.45, 2.75) is 39.5 Å². The molecule has 2 rings (SSSR count). The first-order chi connectivity index (χ1) is 8.56. The van der Waals surface area contributed by atoms with Gasteiger partial charge < -0.3 is 4.42 Å². The van der Waals surface area contributed by atoms with E-state index in [1.165, 1.54) is 6.42 Å². The third kappa shape index (κ3) is 3.45. The average molecular weight is 248 g/mol. The van der Waals surface area contributed by atoms with Gasteiger partial charge in [0.1, 0.15) is 11.5 Å². The molecule has 0 aromatic carbocycles. The molecule has 98 valence electrons. The molecule has 4 nitrogen and oxygen atoms in total. The highest BCUT2D eigenvalue weighted by Gasteiger charge is 2.36. The van der Waals surface area contributed by atoms with Crippen LogP contribution in [0.5, 0.6) is 0 Å². The predicted octanol–water partition coefficient (Wildman–Crippen LogP) is 2.90. The summed E-state index contributed by atoms with van der Waals surface area (Å²) in [7, 11) is 0. The molecule has 1 amide bonds. The molecule has 0 bridgehead atoms. The van der Waals surface area contributed by atoms with Crippen molar-refractivity contribution in [2.24, 2.45) is 16.9 Å². The fourth-order valence-corrected chi connectivity index (χ4v) is 1.94. The molecule has 0 saturated heterocycles. The van der Waals surface area contributed by atoms with Gasteiger partial charge in [0.15, 0.2) is 0 Å². The van der Waals surface area contributed by atoms with Crippen LogP contribution in [0.15, 0.2) is 21.7 Å². The maximum atomic E-state index is 11.4. The second kappa shape index (κ2) is 5.38. The van der Waals surface area contributed by atoms with Gasteiger partial charge in [-0.25, -0.2) is 5.43 Å². The van der Waals surface area contributed by atoms with Crippen LogP contribution >= 0.6 is 0 Å². The first kappa shape index (κ1) is 12.9. The van der Waals surface area contributed by atoms with E-state index >= 15 is 0 Å². The Morgan fingerprint density at radius 1 is 1.61 bits per heavy atom. The standard InChI is InChI=1S/C14H20N2O2/c1-9(2)6-14(17)16-15-8-11-4-5-13(18-11)12-7-10(12)3/h4-5,8-10,12H,6-7H2,1-3H3,(H,16,17)/b15-8-/t10-,12+/m1/s1. The molecule has 0 radical (unpaired) electrons. The van der Waals surface area contributed by atoms with E-state index in [1.807, 2.05) is 26.0 Å². The molecule has 1 aliphatic carbocycles. The molecule has 1 aromatic rings. The van der Waals surface area contributed by atoms with E-state index < -0.39 is 0 Å². The van der Waals surface area contributed by atoms with E-state index in [0.29, 0.717) is 24.0 Å². The highest BCUT2D eigenvalue weighted by molar-refractivity contribution is 5.80. The van der Waals surface area contributed by atoms with E-state index in [1.54, 1.807) is 6.21 Å². The fraction of sp³-hybridized carbons (Fsp3) is 0.571. The maximum absolute atomic E-state index is 11.4. The molecule has 1 saturated carbocycles. The smallest absolute Gasteiger partial charge is 0.240 e. The van der Waals surface area contributed by atoms with Crippen molar-refractivity contribution >= 4 is 12.1 Å². The summed E-state index contributed by atoms with van der Waals surface area (Å²) in [6.07, 6.45) is 3.24. The molecule has 2 atom stereocenters. The molecule has 0 aliphatic heterocycles. The summed E-state index contributed by atoms with van der Waals surface area (Å²) in [6.45, 7) is 6.21. The van der Waals surface area contributed by atoms with E-state index in [2.05, 4.69) is 17.5 Å². The largest absolute Gasteiger partial charge is 0.460 e. The lowest BCUT2D eigenvalue weighted by Gasteiger charge is -2.01. The zero-order chi connectivity index (χ0) is 13.1. The molecule has 0 unspecified atom stereocenters. The number of nitrogens with one attached hydrogen (secondary N) is 1. The van der Waals surface area contributed by atoms with Crippen LogP contribution in [0.4, 0.5) is 0 Å². The first-order valence-electron chi connectivity index (χ1n) is 6.48. The molecule has 1 aromatic heterocycles. The van der Waals surface area contributed by atoms with Crippen molar-refractivity contribution in [2.75, 3.05) is 0 Å². The number of nitrogens with zero attached hydrogens (tertiary/aromatic N) is 1. The van der Waals surface area contributed by atoms with Gasteiger partial charge in [-0.05, 0) is 30.4 Å².